The number of nitrogens with zero attached hydrogens (tertiary/aromatic N) is 4. The number of aromatic nitrogens is 3. The Kier molecular flexibility index (Phi) is 5.20. The number of fused-ring (bicyclic) bond motifs is 3. The van der Waals surface area contributed by atoms with Gasteiger partial charge in [-0.05, 0) is 35.6 Å². The highest BCUT2D eigenvalue weighted by Gasteiger charge is 2.31. The Morgan fingerprint density at radius 1 is 1.13 bits per heavy atom. The van der Waals surface area contributed by atoms with Gasteiger partial charge in [-0.25, -0.2) is 24.1 Å². The van der Waals surface area contributed by atoms with Crippen molar-refractivity contribution in [3.63, 3.8) is 0 Å². The maximum Gasteiger partial charge on any atom is 0.340 e. The standard InChI is InChI=1S/C23H23FN4O2/c1-13(2)19-18(23(29)30-4)17(14-5-7-15(24)8-6-14)16-9-12-28(3)22-21(20(16)27-19)25-10-11-26-22/h5-8,10-11,13H,9,12H2,1-4H3. The van der Waals surface area contributed by atoms with Gasteiger partial charge in [0.25, 0.3) is 0 Å². The zero-order valence-corrected chi connectivity index (χ0v) is 17.4. The van der Waals surface area contributed by atoms with Gasteiger partial charge in [-0.1, -0.05) is 26.0 Å². The summed E-state index contributed by atoms with van der Waals surface area (Å²) in [5.74, 6) is -0.0807. The molecule has 0 saturated carbocycles. The van der Waals surface area contributed by atoms with E-state index in [-0.39, 0.29) is 11.7 Å². The number of carbonyl (C=O) groups excluding carboxylic acids is 1. The van der Waals surface area contributed by atoms with Crippen LogP contribution >= 0.6 is 0 Å². The van der Waals surface area contributed by atoms with Gasteiger partial charge in [0.15, 0.2) is 5.82 Å². The number of likely N-dealkylation sites (N-methyl/N-ethyl adjacent to an activating group) is 1. The van der Waals surface area contributed by atoms with E-state index in [0.29, 0.717) is 35.6 Å². The minimum Gasteiger partial charge on any atom is -0.465 e. The molecule has 7 heteroatoms. The summed E-state index contributed by atoms with van der Waals surface area (Å²) < 4.78 is 18.8. The van der Waals surface area contributed by atoms with E-state index < -0.39 is 5.97 Å². The van der Waals surface area contributed by atoms with E-state index in [1.807, 2.05) is 25.8 Å². The minimum atomic E-state index is -0.453. The molecule has 2 aromatic heterocycles. The molecule has 30 heavy (non-hydrogen) atoms. The second-order valence-corrected chi connectivity index (χ2v) is 7.63. The molecule has 0 atom stereocenters. The molecule has 154 valence electrons. The van der Waals surface area contributed by atoms with Crippen molar-refractivity contribution in [2.45, 2.75) is 26.2 Å². The largest absolute Gasteiger partial charge is 0.465 e. The molecule has 0 fully saturated rings. The van der Waals surface area contributed by atoms with Crippen molar-refractivity contribution in [3.05, 3.63) is 59.3 Å². The summed E-state index contributed by atoms with van der Waals surface area (Å²) in [6.45, 7) is 4.64. The third-order valence-corrected chi connectivity index (χ3v) is 5.36. The van der Waals surface area contributed by atoms with Gasteiger partial charge in [0, 0.05) is 31.5 Å². The SMILES string of the molecule is COC(=O)c1c(C(C)C)nc2c(c1-c1ccc(F)cc1)CCN(C)c1nccnc1-2. The topological polar surface area (TPSA) is 68.2 Å². The molecule has 0 radical (unpaired) electrons. The van der Waals surface area contributed by atoms with Gasteiger partial charge in [-0.3, -0.25) is 0 Å². The van der Waals surface area contributed by atoms with E-state index in [0.717, 1.165) is 22.5 Å². The van der Waals surface area contributed by atoms with Crippen LogP contribution in [0.5, 0.6) is 0 Å². The molecule has 6 nitrogen and oxygen atoms in total. The molecule has 1 aliphatic heterocycles. The maximum absolute atomic E-state index is 13.7. The van der Waals surface area contributed by atoms with Crippen LogP contribution in [0.4, 0.5) is 10.2 Å². The zero-order chi connectivity index (χ0) is 21.4. The van der Waals surface area contributed by atoms with Crippen molar-refractivity contribution in [3.8, 4) is 22.5 Å². The van der Waals surface area contributed by atoms with Gasteiger partial charge in [-0.15, -0.1) is 0 Å². The van der Waals surface area contributed by atoms with Crippen molar-refractivity contribution < 1.29 is 13.9 Å². The number of rotatable bonds is 3. The lowest BCUT2D eigenvalue weighted by molar-refractivity contribution is 0.0599. The molecule has 3 heterocycles. The summed E-state index contributed by atoms with van der Waals surface area (Å²) >= 11 is 0. The third-order valence-electron chi connectivity index (χ3n) is 5.36. The number of carbonyl (C=O) groups is 1. The van der Waals surface area contributed by atoms with E-state index in [2.05, 4.69) is 9.97 Å². The highest BCUT2D eigenvalue weighted by molar-refractivity contribution is 6.01. The molecule has 0 N–H and O–H groups in total. The first-order valence-corrected chi connectivity index (χ1v) is 9.85. The zero-order valence-electron chi connectivity index (χ0n) is 17.4. The monoisotopic (exact) mass is 406 g/mol. The Hall–Kier alpha value is -3.35. The normalized spacial score (nSPS) is 12.9. The van der Waals surface area contributed by atoms with Gasteiger partial charge in [-0.2, -0.15) is 0 Å². The Bertz CT molecular complexity index is 1110. The highest BCUT2D eigenvalue weighted by atomic mass is 19.1. The minimum absolute atomic E-state index is 0.0373. The predicted molar refractivity (Wildman–Crippen MR) is 113 cm³/mol. The molecule has 3 aromatic rings. The lowest BCUT2D eigenvalue weighted by Crippen LogP contribution is -2.20. The van der Waals surface area contributed by atoms with Crippen LogP contribution in [0.2, 0.25) is 0 Å². The van der Waals surface area contributed by atoms with E-state index in [1.54, 1.807) is 24.5 Å². The van der Waals surface area contributed by atoms with E-state index in [9.17, 15) is 9.18 Å². The van der Waals surface area contributed by atoms with Gasteiger partial charge in [0.1, 0.15) is 11.5 Å². The average Bonchev–Trinajstić information content (AvgIpc) is 2.89. The van der Waals surface area contributed by atoms with Crippen molar-refractivity contribution in [2.24, 2.45) is 0 Å². The molecule has 0 bridgehead atoms. The summed E-state index contributed by atoms with van der Waals surface area (Å²) in [6.07, 6.45) is 3.93. The quantitative estimate of drug-likeness (QED) is 0.606. The number of esters is 1. The molecule has 1 aliphatic rings. The van der Waals surface area contributed by atoms with Crippen LogP contribution in [0.3, 0.4) is 0 Å². The third kappa shape index (κ3) is 3.30. The van der Waals surface area contributed by atoms with Crippen molar-refractivity contribution in [2.75, 3.05) is 25.6 Å². The smallest absolute Gasteiger partial charge is 0.340 e. The number of methoxy groups -OCH3 is 1. The Labute approximate surface area is 174 Å². The summed E-state index contributed by atoms with van der Waals surface area (Å²) in [4.78, 5) is 28.9. The lowest BCUT2D eigenvalue weighted by atomic mass is 9.87. The first-order valence-electron chi connectivity index (χ1n) is 9.85. The van der Waals surface area contributed by atoms with Crippen molar-refractivity contribution in [1.82, 2.24) is 15.0 Å². The molecule has 0 aliphatic carbocycles. The molecule has 0 spiro atoms. The maximum atomic E-state index is 13.7. The molecule has 0 amide bonds. The van der Waals surface area contributed by atoms with Gasteiger partial charge in [0.05, 0.1) is 24.1 Å². The first kappa shape index (κ1) is 19.9. The van der Waals surface area contributed by atoms with Crippen molar-refractivity contribution >= 4 is 11.8 Å². The second kappa shape index (κ2) is 7.82. The molecular formula is C23H23FN4O2. The predicted octanol–water partition coefficient (Wildman–Crippen LogP) is 4.25. The first-order chi connectivity index (χ1) is 14.4. The molecule has 1 aromatic carbocycles. The molecule has 0 unspecified atom stereocenters. The fraction of sp³-hybridized carbons (Fsp3) is 0.304. The van der Waals surface area contributed by atoms with Gasteiger partial charge < -0.3 is 9.64 Å². The number of hydrogen-bond donors (Lipinski definition) is 0. The summed E-state index contributed by atoms with van der Waals surface area (Å²) in [6, 6.07) is 6.17. The van der Waals surface area contributed by atoms with Gasteiger partial charge in [0.2, 0.25) is 0 Å². The van der Waals surface area contributed by atoms with Crippen LogP contribution < -0.4 is 4.90 Å². The highest BCUT2D eigenvalue weighted by Crippen LogP contribution is 2.41. The number of pyridine rings is 1. The fourth-order valence-corrected chi connectivity index (χ4v) is 3.90. The van der Waals surface area contributed by atoms with Crippen LogP contribution in [0.25, 0.3) is 22.5 Å². The van der Waals surface area contributed by atoms with Crippen LogP contribution in [-0.2, 0) is 11.2 Å². The van der Waals surface area contributed by atoms with Crippen LogP contribution in [0.1, 0.15) is 41.4 Å². The Balaban J connectivity index is 2.14. The number of halogens is 1. The molecular weight excluding hydrogens is 383 g/mol. The van der Waals surface area contributed by atoms with Crippen LogP contribution in [0.15, 0.2) is 36.7 Å². The number of hydrogen-bond acceptors (Lipinski definition) is 6. The van der Waals surface area contributed by atoms with E-state index in [4.69, 9.17) is 9.72 Å². The van der Waals surface area contributed by atoms with Crippen LogP contribution in [-0.4, -0.2) is 41.6 Å². The molecule has 4 rings (SSSR count). The number of benzene rings is 1. The second-order valence-electron chi connectivity index (χ2n) is 7.63. The number of anilines is 1. The van der Waals surface area contributed by atoms with Gasteiger partial charge >= 0.3 is 5.97 Å². The summed E-state index contributed by atoms with van der Waals surface area (Å²) in [7, 11) is 3.32. The summed E-state index contributed by atoms with van der Waals surface area (Å²) in [5.41, 5.74) is 4.79. The van der Waals surface area contributed by atoms with E-state index in [1.165, 1.54) is 19.2 Å². The summed E-state index contributed by atoms with van der Waals surface area (Å²) in [5, 5.41) is 0. The lowest BCUT2D eigenvalue weighted by Gasteiger charge is -2.21. The Morgan fingerprint density at radius 3 is 2.50 bits per heavy atom. The van der Waals surface area contributed by atoms with E-state index >= 15 is 0 Å². The molecule has 0 saturated heterocycles. The van der Waals surface area contributed by atoms with Crippen molar-refractivity contribution in [1.29, 1.82) is 0 Å². The van der Waals surface area contributed by atoms with Crippen LogP contribution in [0, 0.1) is 5.82 Å². The number of ether oxygens (including phenoxy) is 1. The fourth-order valence-electron chi connectivity index (χ4n) is 3.90. The Morgan fingerprint density at radius 2 is 1.83 bits per heavy atom. The average molecular weight is 406 g/mol.